The summed E-state index contributed by atoms with van der Waals surface area (Å²) in [7, 11) is -2.92. The molecule has 2 rings (SSSR count). The van der Waals surface area contributed by atoms with E-state index in [-0.39, 0.29) is 17.4 Å². The summed E-state index contributed by atoms with van der Waals surface area (Å²) < 4.78 is 22.6. The molecule has 1 aliphatic heterocycles. The van der Waals surface area contributed by atoms with Crippen LogP contribution >= 0.6 is 0 Å². The molecule has 0 aromatic rings. The Morgan fingerprint density at radius 2 is 1.74 bits per heavy atom. The fourth-order valence-corrected chi connectivity index (χ4v) is 3.83. The lowest BCUT2D eigenvalue weighted by Gasteiger charge is -2.30. The van der Waals surface area contributed by atoms with Crippen molar-refractivity contribution in [2.24, 2.45) is 5.73 Å². The minimum Gasteiger partial charge on any atom is -0.340 e. The number of nitrogens with one attached hydrogen (secondary N) is 1. The van der Waals surface area contributed by atoms with Crippen LogP contribution in [0.3, 0.4) is 0 Å². The number of nitrogens with zero attached hydrogens (tertiary/aromatic N) is 1. The summed E-state index contributed by atoms with van der Waals surface area (Å²) >= 11 is 0. The predicted octanol–water partition coefficient (Wildman–Crippen LogP) is -0.897. The highest BCUT2D eigenvalue weighted by Crippen LogP contribution is 2.16. The first-order valence-electron chi connectivity index (χ1n) is 6.93. The van der Waals surface area contributed by atoms with Gasteiger partial charge in [0.05, 0.1) is 18.1 Å². The Balaban J connectivity index is 1.70. The first-order chi connectivity index (χ1) is 8.96. The minimum absolute atomic E-state index is 0.00442. The zero-order valence-electron chi connectivity index (χ0n) is 11.2. The number of amides is 1. The Kier molecular flexibility index (Phi) is 4.81. The van der Waals surface area contributed by atoms with E-state index in [2.05, 4.69) is 5.32 Å². The van der Waals surface area contributed by atoms with Crippen LogP contribution in [-0.4, -0.2) is 62.4 Å². The molecule has 110 valence electrons. The van der Waals surface area contributed by atoms with Gasteiger partial charge in [-0.15, -0.1) is 0 Å². The van der Waals surface area contributed by atoms with Crippen LogP contribution in [0.2, 0.25) is 0 Å². The third kappa shape index (κ3) is 4.43. The van der Waals surface area contributed by atoms with Gasteiger partial charge in [-0.25, -0.2) is 8.42 Å². The maximum absolute atomic E-state index is 12.0. The van der Waals surface area contributed by atoms with Crippen LogP contribution in [0.5, 0.6) is 0 Å². The third-order valence-electron chi connectivity index (χ3n) is 4.01. The van der Waals surface area contributed by atoms with Gasteiger partial charge in [-0.2, -0.15) is 0 Å². The van der Waals surface area contributed by atoms with E-state index < -0.39 is 9.84 Å². The van der Waals surface area contributed by atoms with Crippen LogP contribution in [0.1, 0.15) is 25.7 Å². The SMILES string of the molecule is NC1CCC(NCC(=O)N2CCS(=O)(=O)CC2)CC1. The molecule has 0 radical (unpaired) electrons. The summed E-state index contributed by atoms with van der Waals surface area (Å²) in [5.41, 5.74) is 5.84. The summed E-state index contributed by atoms with van der Waals surface area (Å²) in [4.78, 5) is 13.6. The smallest absolute Gasteiger partial charge is 0.236 e. The average molecular weight is 289 g/mol. The van der Waals surface area contributed by atoms with Crippen molar-refractivity contribution in [3.05, 3.63) is 0 Å². The number of hydrogen-bond acceptors (Lipinski definition) is 5. The van der Waals surface area contributed by atoms with Gasteiger partial charge in [0.1, 0.15) is 0 Å². The maximum Gasteiger partial charge on any atom is 0.236 e. The number of carbonyl (C=O) groups is 1. The molecule has 1 saturated heterocycles. The first kappa shape index (κ1) is 14.7. The van der Waals surface area contributed by atoms with E-state index in [9.17, 15) is 13.2 Å². The monoisotopic (exact) mass is 289 g/mol. The molecule has 0 aromatic heterocycles. The van der Waals surface area contributed by atoms with Gasteiger partial charge >= 0.3 is 0 Å². The van der Waals surface area contributed by atoms with Gasteiger partial charge in [0.2, 0.25) is 5.91 Å². The van der Waals surface area contributed by atoms with Gasteiger partial charge in [-0.05, 0) is 25.7 Å². The van der Waals surface area contributed by atoms with Crippen LogP contribution in [0, 0.1) is 0 Å². The number of hydrogen-bond donors (Lipinski definition) is 2. The summed E-state index contributed by atoms with van der Waals surface area (Å²) in [6, 6.07) is 0.679. The zero-order valence-corrected chi connectivity index (χ0v) is 12.0. The summed E-state index contributed by atoms with van der Waals surface area (Å²) in [5.74, 6) is 0.193. The summed E-state index contributed by atoms with van der Waals surface area (Å²) in [6.45, 7) is 0.969. The lowest BCUT2D eigenvalue weighted by molar-refractivity contribution is -0.130. The molecule has 0 unspecified atom stereocenters. The van der Waals surface area contributed by atoms with Crippen LogP contribution < -0.4 is 11.1 Å². The van der Waals surface area contributed by atoms with E-state index >= 15 is 0 Å². The fourth-order valence-electron chi connectivity index (χ4n) is 2.63. The topological polar surface area (TPSA) is 92.5 Å². The van der Waals surface area contributed by atoms with Crippen molar-refractivity contribution in [1.82, 2.24) is 10.2 Å². The van der Waals surface area contributed by atoms with E-state index in [0.29, 0.717) is 31.7 Å². The standard InChI is InChI=1S/C12H23N3O3S/c13-10-1-3-11(4-2-10)14-9-12(16)15-5-7-19(17,18)8-6-15/h10-11,14H,1-9,13H2. The molecule has 1 saturated carbocycles. The highest BCUT2D eigenvalue weighted by atomic mass is 32.2. The molecular weight excluding hydrogens is 266 g/mol. The van der Waals surface area contributed by atoms with E-state index in [1.807, 2.05) is 0 Å². The third-order valence-corrected chi connectivity index (χ3v) is 5.62. The van der Waals surface area contributed by atoms with Crippen molar-refractivity contribution in [3.8, 4) is 0 Å². The zero-order chi connectivity index (χ0) is 13.9. The van der Waals surface area contributed by atoms with E-state index in [0.717, 1.165) is 25.7 Å². The first-order valence-corrected chi connectivity index (χ1v) is 8.75. The molecule has 0 spiro atoms. The predicted molar refractivity (Wildman–Crippen MR) is 73.5 cm³/mol. The van der Waals surface area contributed by atoms with Crippen molar-refractivity contribution in [3.63, 3.8) is 0 Å². The number of sulfone groups is 1. The molecule has 7 heteroatoms. The largest absolute Gasteiger partial charge is 0.340 e. The Morgan fingerprint density at radius 3 is 2.32 bits per heavy atom. The maximum atomic E-state index is 12.0. The van der Waals surface area contributed by atoms with Crippen LogP contribution in [-0.2, 0) is 14.6 Å². The van der Waals surface area contributed by atoms with Crippen molar-refractivity contribution >= 4 is 15.7 Å². The molecule has 6 nitrogen and oxygen atoms in total. The van der Waals surface area contributed by atoms with Crippen molar-refractivity contribution in [1.29, 1.82) is 0 Å². The quantitative estimate of drug-likeness (QED) is 0.702. The highest BCUT2D eigenvalue weighted by Gasteiger charge is 2.25. The number of rotatable bonds is 3. The van der Waals surface area contributed by atoms with Gasteiger partial charge in [0.15, 0.2) is 9.84 Å². The minimum atomic E-state index is -2.92. The molecule has 0 aromatic carbocycles. The Labute approximate surface area is 114 Å². The molecule has 1 amide bonds. The fraction of sp³-hybridized carbons (Fsp3) is 0.917. The molecule has 19 heavy (non-hydrogen) atoms. The molecule has 1 heterocycles. The Morgan fingerprint density at radius 1 is 1.16 bits per heavy atom. The highest BCUT2D eigenvalue weighted by molar-refractivity contribution is 7.91. The molecule has 2 aliphatic rings. The summed E-state index contributed by atoms with van der Waals surface area (Å²) in [6.07, 6.45) is 4.05. The van der Waals surface area contributed by atoms with Gasteiger partial charge in [-0.3, -0.25) is 4.79 Å². The van der Waals surface area contributed by atoms with E-state index in [1.54, 1.807) is 4.90 Å². The number of carbonyl (C=O) groups excluding carboxylic acids is 1. The molecule has 0 atom stereocenters. The Bertz CT molecular complexity index is 402. The van der Waals surface area contributed by atoms with Gasteiger partial charge in [-0.1, -0.05) is 0 Å². The van der Waals surface area contributed by atoms with Crippen LogP contribution in [0.15, 0.2) is 0 Å². The second kappa shape index (κ2) is 6.19. The molecule has 2 fully saturated rings. The van der Waals surface area contributed by atoms with Crippen LogP contribution in [0.4, 0.5) is 0 Å². The van der Waals surface area contributed by atoms with E-state index in [4.69, 9.17) is 5.73 Å². The number of nitrogens with two attached hydrogens (primary N) is 1. The lowest BCUT2D eigenvalue weighted by Crippen LogP contribution is -2.48. The normalized spacial score (nSPS) is 31.1. The van der Waals surface area contributed by atoms with Crippen molar-refractivity contribution < 1.29 is 13.2 Å². The molecule has 0 bridgehead atoms. The van der Waals surface area contributed by atoms with Gasteiger partial charge in [0, 0.05) is 25.2 Å². The Hall–Kier alpha value is -0.660. The van der Waals surface area contributed by atoms with Gasteiger partial charge < -0.3 is 16.0 Å². The summed E-state index contributed by atoms with van der Waals surface area (Å²) in [5, 5.41) is 3.26. The van der Waals surface area contributed by atoms with Crippen LogP contribution in [0.25, 0.3) is 0 Å². The molecule has 3 N–H and O–H groups in total. The molecular formula is C12H23N3O3S. The van der Waals surface area contributed by atoms with Gasteiger partial charge in [0.25, 0.3) is 0 Å². The lowest BCUT2D eigenvalue weighted by atomic mass is 9.92. The van der Waals surface area contributed by atoms with E-state index in [1.165, 1.54) is 0 Å². The second-order valence-electron chi connectivity index (χ2n) is 5.53. The van der Waals surface area contributed by atoms with Crippen molar-refractivity contribution in [2.45, 2.75) is 37.8 Å². The second-order valence-corrected chi connectivity index (χ2v) is 7.83. The average Bonchev–Trinajstić information content (AvgIpc) is 2.37. The van der Waals surface area contributed by atoms with Crippen molar-refractivity contribution in [2.75, 3.05) is 31.1 Å². The molecule has 1 aliphatic carbocycles.